The van der Waals surface area contributed by atoms with Gasteiger partial charge >= 0.3 is 5.69 Å². The number of aromatic nitrogens is 2. The van der Waals surface area contributed by atoms with Crippen molar-refractivity contribution < 1.29 is 9.59 Å². The third kappa shape index (κ3) is 3.36. The van der Waals surface area contributed by atoms with Gasteiger partial charge in [0.05, 0.1) is 28.8 Å². The number of imidazole rings is 1. The van der Waals surface area contributed by atoms with Gasteiger partial charge in [-0.25, -0.2) is 4.79 Å². The summed E-state index contributed by atoms with van der Waals surface area (Å²) >= 11 is 0. The predicted molar refractivity (Wildman–Crippen MR) is 131 cm³/mol. The van der Waals surface area contributed by atoms with E-state index in [0.29, 0.717) is 16.8 Å². The van der Waals surface area contributed by atoms with Gasteiger partial charge in [-0.05, 0) is 42.2 Å². The highest BCUT2D eigenvalue weighted by Gasteiger charge is 2.30. The molecule has 6 rings (SSSR count). The molecule has 2 N–H and O–H groups in total. The fraction of sp³-hybridized carbons (Fsp3) is 0.222. The van der Waals surface area contributed by atoms with Crippen molar-refractivity contribution in [2.24, 2.45) is 0 Å². The van der Waals surface area contributed by atoms with Crippen molar-refractivity contribution >= 4 is 28.4 Å². The van der Waals surface area contributed by atoms with Gasteiger partial charge in [0.15, 0.2) is 5.78 Å². The number of amides is 1. The van der Waals surface area contributed by atoms with Crippen LogP contribution in [0.5, 0.6) is 0 Å². The van der Waals surface area contributed by atoms with E-state index in [1.807, 2.05) is 65.2 Å². The molecule has 1 aliphatic carbocycles. The molecule has 4 aromatic rings. The minimum absolute atomic E-state index is 0.0496. The van der Waals surface area contributed by atoms with Crippen LogP contribution >= 0.6 is 0 Å². The van der Waals surface area contributed by atoms with Gasteiger partial charge in [0, 0.05) is 24.7 Å². The number of benzene rings is 3. The van der Waals surface area contributed by atoms with Crippen molar-refractivity contribution in [1.82, 2.24) is 14.5 Å². The summed E-state index contributed by atoms with van der Waals surface area (Å²) < 4.78 is 1.85. The number of H-pyrrole nitrogens is 1. The fourth-order valence-electron chi connectivity index (χ4n) is 5.34. The van der Waals surface area contributed by atoms with E-state index in [9.17, 15) is 14.4 Å². The van der Waals surface area contributed by atoms with Crippen LogP contribution in [0.25, 0.3) is 22.2 Å². The number of nitrogens with one attached hydrogen (secondary N) is 2. The molecule has 0 spiro atoms. The Morgan fingerprint density at radius 2 is 1.59 bits per heavy atom. The standard InChI is InChI=1S/C27H24N4O3/c32-24(28-22-10-5-8-19-18-6-1-2-7-20(18)26(33)25(19)22)16-30-14-12-17(13-15-30)31-23-11-4-3-9-21(23)29-27(31)34/h1-11,17H,12-16H2,(H,28,32)(H,29,34). The average Bonchev–Trinajstić information content (AvgIpc) is 3.34. The molecule has 1 fully saturated rings. The molecule has 0 saturated carbocycles. The lowest BCUT2D eigenvalue weighted by atomic mass is 10.0. The van der Waals surface area contributed by atoms with Crippen molar-refractivity contribution in [1.29, 1.82) is 0 Å². The molecular weight excluding hydrogens is 428 g/mol. The lowest BCUT2D eigenvalue weighted by Crippen LogP contribution is -2.41. The third-order valence-electron chi connectivity index (χ3n) is 6.94. The first kappa shape index (κ1) is 20.6. The van der Waals surface area contributed by atoms with E-state index in [2.05, 4.69) is 15.2 Å². The maximum Gasteiger partial charge on any atom is 0.326 e. The number of para-hydroxylation sites is 2. The number of ketones is 1. The first-order chi connectivity index (χ1) is 16.6. The minimum atomic E-state index is -0.139. The van der Waals surface area contributed by atoms with Gasteiger partial charge < -0.3 is 10.3 Å². The Morgan fingerprint density at radius 3 is 2.41 bits per heavy atom. The highest BCUT2D eigenvalue weighted by Crippen LogP contribution is 2.40. The molecule has 0 unspecified atom stereocenters. The highest BCUT2D eigenvalue weighted by molar-refractivity contribution is 6.25. The molecule has 1 amide bonds. The molecule has 3 aromatic carbocycles. The number of piperidine rings is 1. The number of nitrogens with zero attached hydrogens (tertiary/aromatic N) is 2. The van der Waals surface area contributed by atoms with Gasteiger partial charge in [0.25, 0.3) is 0 Å². The largest absolute Gasteiger partial charge is 0.326 e. The Balaban J connectivity index is 1.13. The molecule has 7 heteroatoms. The van der Waals surface area contributed by atoms with Crippen molar-refractivity contribution in [2.45, 2.75) is 18.9 Å². The summed E-state index contributed by atoms with van der Waals surface area (Å²) in [6.07, 6.45) is 1.59. The summed E-state index contributed by atoms with van der Waals surface area (Å²) in [6, 6.07) is 21.0. The summed E-state index contributed by atoms with van der Waals surface area (Å²) in [4.78, 5) is 43.4. The Hall–Kier alpha value is -3.97. The molecular formula is C27H24N4O3. The van der Waals surface area contributed by atoms with Crippen LogP contribution in [0.2, 0.25) is 0 Å². The predicted octanol–water partition coefficient (Wildman–Crippen LogP) is 3.82. The molecule has 0 bridgehead atoms. The Labute approximate surface area is 196 Å². The monoisotopic (exact) mass is 452 g/mol. The first-order valence-electron chi connectivity index (χ1n) is 11.6. The summed E-state index contributed by atoms with van der Waals surface area (Å²) in [5.41, 5.74) is 5.26. The second kappa shape index (κ2) is 8.11. The number of aromatic amines is 1. The topological polar surface area (TPSA) is 87.2 Å². The number of fused-ring (bicyclic) bond motifs is 4. The maximum atomic E-state index is 13.0. The summed E-state index contributed by atoms with van der Waals surface area (Å²) in [7, 11) is 0. The Kier molecular flexibility index (Phi) is 4.92. The average molecular weight is 453 g/mol. The van der Waals surface area contributed by atoms with Crippen LogP contribution in [0.3, 0.4) is 0 Å². The zero-order chi connectivity index (χ0) is 23.2. The second-order valence-corrected chi connectivity index (χ2v) is 8.98. The van der Waals surface area contributed by atoms with Gasteiger partial charge in [-0.1, -0.05) is 48.5 Å². The van der Waals surface area contributed by atoms with Crippen LogP contribution in [0, 0.1) is 0 Å². The van der Waals surface area contributed by atoms with E-state index in [1.165, 1.54) is 0 Å². The number of carbonyl (C=O) groups excluding carboxylic acids is 2. The first-order valence-corrected chi connectivity index (χ1v) is 11.6. The number of carbonyl (C=O) groups is 2. The minimum Gasteiger partial charge on any atom is -0.324 e. The smallest absolute Gasteiger partial charge is 0.324 e. The third-order valence-corrected chi connectivity index (χ3v) is 6.94. The Bertz CT molecular complexity index is 1490. The van der Waals surface area contributed by atoms with E-state index in [4.69, 9.17) is 0 Å². The van der Waals surface area contributed by atoms with Crippen molar-refractivity contribution in [3.05, 3.63) is 88.3 Å². The molecule has 1 aliphatic heterocycles. The number of anilines is 1. The Morgan fingerprint density at radius 1 is 0.882 bits per heavy atom. The molecule has 2 aliphatic rings. The lowest BCUT2D eigenvalue weighted by Gasteiger charge is -2.32. The van der Waals surface area contributed by atoms with Gasteiger partial charge in [-0.15, -0.1) is 0 Å². The van der Waals surface area contributed by atoms with Crippen molar-refractivity contribution in [3.8, 4) is 11.1 Å². The molecule has 1 aromatic heterocycles. The molecule has 170 valence electrons. The second-order valence-electron chi connectivity index (χ2n) is 8.98. The zero-order valence-corrected chi connectivity index (χ0v) is 18.6. The van der Waals surface area contributed by atoms with Crippen LogP contribution < -0.4 is 11.0 Å². The van der Waals surface area contributed by atoms with E-state index in [0.717, 1.165) is 48.1 Å². The van der Waals surface area contributed by atoms with E-state index in [-0.39, 0.29) is 30.0 Å². The quantitative estimate of drug-likeness (QED) is 0.434. The van der Waals surface area contributed by atoms with Crippen molar-refractivity contribution in [2.75, 3.05) is 25.0 Å². The molecule has 2 heterocycles. The summed E-state index contributed by atoms with van der Waals surface area (Å²) in [5.74, 6) is -0.189. The molecule has 34 heavy (non-hydrogen) atoms. The van der Waals surface area contributed by atoms with Gasteiger partial charge in [-0.2, -0.15) is 0 Å². The normalized spacial score (nSPS) is 15.9. The number of hydrogen-bond donors (Lipinski definition) is 2. The number of rotatable bonds is 4. The molecule has 7 nitrogen and oxygen atoms in total. The van der Waals surface area contributed by atoms with Gasteiger partial charge in [-0.3, -0.25) is 19.1 Å². The zero-order valence-electron chi connectivity index (χ0n) is 18.6. The van der Waals surface area contributed by atoms with Gasteiger partial charge in [0.1, 0.15) is 0 Å². The molecule has 1 saturated heterocycles. The summed E-state index contributed by atoms with van der Waals surface area (Å²) in [6.45, 7) is 1.70. The highest BCUT2D eigenvalue weighted by atomic mass is 16.2. The van der Waals surface area contributed by atoms with Crippen LogP contribution in [0.15, 0.2) is 71.5 Å². The van der Waals surface area contributed by atoms with E-state index in [1.54, 1.807) is 6.07 Å². The summed E-state index contributed by atoms with van der Waals surface area (Å²) in [5, 5.41) is 2.97. The van der Waals surface area contributed by atoms with Crippen molar-refractivity contribution in [3.63, 3.8) is 0 Å². The lowest BCUT2D eigenvalue weighted by molar-refractivity contribution is -0.117. The molecule has 0 atom stereocenters. The fourth-order valence-corrected chi connectivity index (χ4v) is 5.34. The van der Waals surface area contributed by atoms with Crippen LogP contribution in [-0.4, -0.2) is 45.8 Å². The SMILES string of the molecule is O=C(CN1CCC(n2c(=O)[nH]c3ccccc32)CC1)Nc1cccc2c1C(=O)c1ccccc1-2. The maximum absolute atomic E-state index is 13.0. The number of likely N-dealkylation sites (tertiary alicyclic amines) is 1. The van der Waals surface area contributed by atoms with Crippen LogP contribution in [-0.2, 0) is 4.79 Å². The van der Waals surface area contributed by atoms with Gasteiger partial charge in [0.2, 0.25) is 5.91 Å². The molecule has 0 radical (unpaired) electrons. The van der Waals surface area contributed by atoms with E-state index < -0.39 is 0 Å². The van der Waals surface area contributed by atoms with Crippen LogP contribution in [0.4, 0.5) is 5.69 Å². The number of hydrogen-bond acceptors (Lipinski definition) is 4. The van der Waals surface area contributed by atoms with Crippen LogP contribution in [0.1, 0.15) is 34.8 Å². The van der Waals surface area contributed by atoms with E-state index >= 15 is 0 Å².